The molecule has 0 aromatic heterocycles. The van der Waals surface area contributed by atoms with E-state index in [1.807, 2.05) is 6.07 Å². The van der Waals surface area contributed by atoms with Crippen molar-refractivity contribution in [2.24, 2.45) is 0 Å². The number of alkyl halides is 6. The number of hydrogen-bond acceptors (Lipinski definition) is 6. The average Bonchev–Trinajstić information content (AvgIpc) is 3.50. The van der Waals surface area contributed by atoms with Crippen LogP contribution in [-0.2, 0) is 20.9 Å². The fourth-order valence-corrected chi connectivity index (χ4v) is 4.84. The number of hydrogen-bond donors (Lipinski definition) is 2. The van der Waals surface area contributed by atoms with E-state index in [-0.39, 0.29) is 5.60 Å². The van der Waals surface area contributed by atoms with E-state index in [1.165, 1.54) is 50.8 Å². The summed E-state index contributed by atoms with van der Waals surface area (Å²) in [6.07, 6.45) is -3.80. The van der Waals surface area contributed by atoms with Crippen molar-refractivity contribution in [3.8, 4) is 5.75 Å². The molecule has 38 heavy (non-hydrogen) atoms. The number of carboxylic acids is 2. The van der Waals surface area contributed by atoms with Crippen LogP contribution in [0.3, 0.4) is 0 Å². The molecule has 0 saturated carbocycles. The predicted octanol–water partition coefficient (Wildman–Crippen LogP) is 4.18. The smallest absolute Gasteiger partial charge is 0.490 e. The highest BCUT2D eigenvalue weighted by atomic mass is 19.4. The Morgan fingerprint density at radius 3 is 2.11 bits per heavy atom. The van der Waals surface area contributed by atoms with E-state index in [9.17, 15) is 26.3 Å². The molecule has 3 saturated heterocycles. The molecular formula is C24H32F6N2O6. The molecule has 0 amide bonds. The summed E-state index contributed by atoms with van der Waals surface area (Å²) >= 11 is 0. The highest BCUT2D eigenvalue weighted by molar-refractivity contribution is 5.73. The van der Waals surface area contributed by atoms with Crippen LogP contribution >= 0.6 is 0 Å². The maximum atomic E-state index is 10.6. The van der Waals surface area contributed by atoms with Crippen LogP contribution in [0.5, 0.6) is 5.75 Å². The molecule has 8 nitrogen and oxygen atoms in total. The van der Waals surface area contributed by atoms with Gasteiger partial charge in [0.25, 0.3) is 0 Å². The van der Waals surface area contributed by atoms with Crippen molar-refractivity contribution in [1.82, 2.24) is 9.80 Å². The van der Waals surface area contributed by atoms with Gasteiger partial charge in [-0.15, -0.1) is 0 Å². The van der Waals surface area contributed by atoms with Crippen LogP contribution in [0.1, 0.15) is 37.7 Å². The Labute approximate surface area is 216 Å². The Morgan fingerprint density at radius 1 is 1.03 bits per heavy atom. The second-order valence-electron chi connectivity index (χ2n) is 9.30. The summed E-state index contributed by atoms with van der Waals surface area (Å²) in [5, 5.41) is 14.2. The molecule has 0 radical (unpaired) electrons. The molecule has 4 rings (SSSR count). The van der Waals surface area contributed by atoms with E-state index >= 15 is 0 Å². The van der Waals surface area contributed by atoms with Gasteiger partial charge in [0, 0.05) is 37.8 Å². The zero-order chi connectivity index (χ0) is 28.6. The number of carbonyl (C=O) groups is 2. The summed E-state index contributed by atoms with van der Waals surface area (Å²) in [6, 6.07) is 9.12. The standard InChI is InChI=1S/C20H30N2O2.2C2HF3O2/c1-23-19-7-3-2-6-17(19)15-21-12-9-20(16-21)14-18(8-13-24-20)22-10-4-5-11-22;2*3-2(4,5)1(6)7/h2-3,6-7,18H,4-5,8-16H2,1H3;2*(H,6,7)/t18-,20+;;/m0../s1. The molecule has 3 fully saturated rings. The largest absolute Gasteiger partial charge is 0.496 e. The summed E-state index contributed by atoms with van der Waals surface area (Å²) in [5.74, 6) is -4.52. The Bertz CT molecular complexity index is 898. The maximum absolute atomic E-state index is 10.6. The molecule has 1 spiro atoms. The van der Waals surface area contributed by atoms with Gasteiger partial charge in [0.2, 0.25) is 0 Å². The number of methoxy groups -OCH3 is 1. The third-order valence-electron chi connectivity index (χ3n) is 6.59. The van der Waals surface area contributed by atoms with Gasteiger partial charge in [0.15, 0.2) is 0 Å². The Morgan fingerprint density at radius 2 is 1.58 bits per heavy atom. The van der Waals surface area contributed by atoms with Crippen LogP contribution in [0.2, 0.25) is 0 Å². The van der Waals surface area contributed by atoms with Crippen LogP contribution in [-0.4, -0.2) is 95.8 Å². The quantitative estimate of drug-likeness (QED) is 0.532. The van der Waals surface area contributed by atoms with Gasteiger partial charge in [0.05, 0.1) is 12.7 Å². The average molecular weight is 559 g/mol. The summed E-state index contributed by atoms with van der Waals surface area (Å²) in [5.41, 5.74) is 1.37. The second kappa shape index (κ2) is 13.5. The van der Waals surface area contributed by atoms with Gasteiger partial charge in [0.1, 0.15) is 5.75 Å². The number of benzene rings is 1. The van der Waals surface area contributed by atoms with Gasteiger partial charge in [-0.05, 0) is 51.3 Å². The number of halogens is 6. The fraction of sp³-hybridized carbons (Fsp3) is 0.667. The molecule has 3 aliphatic rings. The molecular weight excluding hydrogens is 526 g/mol. The number of para-hydroxylation sites is 1. The van der Waals surface area contributed by atoms with Crippen molar-refractivity contribution in [3.05, 3.63) is 29.8 Å². The fourth-order valence-electron chi connectivity index (χ4n) is 4.84. The molecule has 3 heterocycles. The first-order valence-corrected chi connectivity index (χ1v) is 12.0. The highest BCUT2D eigenvalue weighted by Crippen LogP contribution is 2.37. The second-order valence-corrected chi connectivity index (χ2v) is 9.30. The summed E-state index contributed by atoms with van der Waals surface area (Å²) in [4.78, 5) is 23.1. The van der Waals surface area contributed by atoms with E-state index in [4.69, 9.17) is 29.3 Å². The normalized spacial score (nSPS) is 24.2. The lowest BCUT2D eigenvalue weighted by Crippen LogP contribution is -2.49. The Hall–Kier alpha value is -2.58. The minimum absolute atomic E-state index is 0.0908. The highest BCUT2D eigenvalue weighted by Gasteiger charge is 2.44. The predicted molar refractivity (Wildman–Crippen MR) is 123 cm³/mol. The topological polar surface area (TPSA) is 99.5 Å². The van der Waals surface area contributed by atoms with E-state index in [0.717, 1.165) is 38.0 Å². The van der Waals surface area contributed by atoms with Crippen LogP contribution in [0.15, 0.2) is 24.3 Å². The monoisotopic (exact) mass is 558 g/mol. The number of rotatable bonds is 4. The minimum Gasteiger partial charge on any atom is -0.496 e. The number of aliphatic carboxylic acids is 2. The first-order chi connectivity index (χ1) is 17.7. The number of ether oxygens (including phenoxy) is 2. The van der Waals surface area contributed by atoms with Crippen molar-refractivity contribution in [1.29, 1.82) is 0 Å². The Balaban J connectivity index is 0.000000301. The zero-order valence-corrected chi connectivity index (χ0v) is 20.9. The van der Waals surface area contributed by atoms with Gasteiger partial charge in [-0.2, -0.15) is 26.3 Å². The number of likely N-dealkylation sites (tertiary alicyclic amines) is 2. The first-order valence-electron chi connectivity index (χ1n) is 12.0. The molecule has 3 aliphatic heterocycles. The molecule has 2 atom stereocenters. The van der Waals surface area contributed by atoms with Crippen molar-refractivity contribution in [2.75, 3.05) is 39.9 Å². The van der Waals surface area contributed by atoms with Crippen LogP contribution < -0.4 is 4.74 Å². The lowest BCUT2D eigenvalue weighted by molar-refractivity contribution is -0.193. The van der Waals surface area contributed by atoms with E-state index in [0.29, 0.717) is 0 Å². The van der Waals surface area contributed by atoms with Crippen molar-refractivity contribution >= 4 is 11.9 Å². The minimum atomic E-state index is -5.08. The Kier molecular flexibility index (Phi) is 11.2. The maximum Gasteiger partial charge on any atom is 0.490 e. The molecule has 1 aromatic rings. The third-order valence-corrected chi connectivity index (χ3v) is 6.59. The van der Waals surface area contributed by atoms with Crippen molar-refractivity contribution < 1.29 is 55.6 Å². The molecule has 0 bridgehead atoms. The molecule has 2 N–H and O–H groups in total. The lowest BCUT2D eigenvalue weighted by Gasteiger charge is -2.41. The van der Waals surface area contributed by atoms with E-state index in [1.54, 1.807) is 7.11 Å². The molecule has 0 unspecified atom stereocenters. The van der Waals surface area contributed by atoms with Gasteiger partial charge in [-0.25, -0.2) is 9.59 Å². The van der Waals surface area contributed by atoms with Gasteiger partial charge >= 0.3 is 24.3 Å². The molecule has 216 valence electrons. The first kappa shape index (κ1) is 31.6. The number of nitrogens with zero attached hydrogens (tertiary/aromatic N) is 2. The van der Waals surface area contributed by atoms with Gasteiger partial charge in [-0.3, -0.25) is 4.90 Å². The lowest BCUT2D eigenvalue weighted by atomic mass is 9.89. The zero-order valence-electron chi connectivity index (χ0n) is 20.9. The third kappa shape index (κ3) is 9.62. The summed E-state index contributed by atoms with van der Waals surface area (Å²) in [7, 11) is 1.76. The number of carboxylic acid groups (broad SMARTS) is 2. The summed E-state index contributed by atoms with van der Waals surface area (Å²) < 4.78 is 75.3. The molecule has 14 heteroatoms. The molecule has 0 aliphatic carbocycles. The van der Waals surface area contributed by atoms with E-state index in [2.05, 4.69) is 28.0 Å². The SMILES string of the molecule is COc1ccccc1CN1CC[C@@]2(C[C@@H](N3CCCC3)CCO2)C1.O=C(O)C(F)(F)F.O=C(O)C(F)(F)F. The molecule has 1 aromatic carbocycles. The van der Waals surface area contributed by atoms with E-state index < -0.39 is 24.3 Å². The summed E-state index contributed by atoms with van der Waals surface area (Å²) in [6.45, 7) is 6.69. The van der Waals surface area contributed by atoms with Gasteiger partial charge in [-0.1, -0.05) is 18.2 Å². The van der Waals surface area contributed by atoms with Crippen LogP contribution in [0.4, 0.5) is 26.3 Å². The van der Waals surface area contributed by atoms with Crippen molar-refractivity contribution in [2.45, 2.75) is 62.6 Å². The van der Waals surface area contributed by atoms with Crippen LogP contribution in [0.25, 0.3) is 0 Å². The van der Waals surface area contributed by atoms with Crippen LogP contribution in [0, 0.1) is 0 Å². The van der Waals surface area contributed by atoms with Gasteiger partial charge < -0.3 is 24.6 Å². The van der Waals surface area contributed by atoms with Crippen molar-refractivity contribution in [3.63, 3.8) is 0 Å².